The van der Waals surface area contributed by atoms with Crippen LogP contribution in [0.25, 0.3) is 0 Å². The van der Waals surface area contributed by atoms with Gasteiger partial charge in [-0.1, -0.05) is 53.0 Å². The molecule has 2 heterocycles. The number of nitrogens with zero attached hydrogens (tertiary/aromatic N) is 2. The zero-order valence-corrected chi connectivity index (χ0v) is 14.1. The Morgan fingerprint density at radius 2 is 1.74 bits per heavy atom. The van der Waals surface area contributed by atoms with Crippen molar-refractivity contribution >= 4 is 34.8 Å². The van der Waals surface area contributed by atoms with Crippen LogP contribution in [0.4, 0.5) is 0 Å². The molecule has 3 nitrogen and oxygen atoms in total. The van der Waals surface area contributed by atoms with Crippen LogP contribution in [-0.2, 0) is 10.3 Å². The third kappa shape index (κ3) is 2.45. The van der Waals surface area contributed by atoms with Gasteiger partial charge < -0.3 is 9.30 Å². The molecule has 0 bridgehead atoms. The van der Waals surface area contributed by atoms with Crippen molar-refractivity contribution in [3.05, 3.63) is 87.4 Å². The van der Waals surface area contributed by atoms with Gasteiger partial charge in [0, 0.05) is 33.0 Å². The normalized spacial score (nSPS) is 23.0. The fourth-order valence-electron chi connectivity index (χ4n) is 2.87. The molecule has 0 saturated carbocycles. The van der Waals surface area contributed by atoms with E-state index in [0.717, 1.165) is 11.1 Å². The van der Waals surface area contributed by atoms with Gasteiger partial charge >= 0.3 is 0 Å². The molecular formula is C17H11Cl3N2O. The van der Waals surface area contributed by atoms with Gasteiger partial charge in [0.2, 0.25) is 0 Å². The molecule has 0 spiro atoms. The van der Waals surface area contributed by atoms with Crippen molar-refractivity contribution in [3.8, 4) is 0 Å². The lowest BCUT2D eigenvalue weighted by Gasteiger charge is -2.16. The predicted molar refractivity (Wildman–Crippen MR) is 91.0 cm³/mol. The van der Waals surface area contributed by atoms with Crippen LogP contribution in [0.5, 0.6) is 0 Å². The highest BCUT2D eigenvalue weighted by atomic mass is 35.5. The van der Waals surface area contributed by atoms with Gasteiger partial charge in [-0.2, -0.15) is 0 Å². The van der Waals surface area contributed by atoms with E-state index < -0.39 is 5.60 Å². The number of epoxide rings is 1. The summed E-state index contributed by atoms with van der Waals surface area (Å²) in [5.41, 5.74) is 1.17. The maximum atomic E-state index is 6.45. The summed E-state index contributed by atoms with van der Waals surface area (Å²) in [6.45, 7) is 0. The molecule has 1 saturated heterocycles. The minimum Gasteiger partial charge on any atom is -0.333 e. The molecule has 2 unspecified atom stereocenters. The number of hydrogen-bond donors (Lipinski definition) is 0. The topological polar surface area (TPSA) is 30.4 Å². The molecule has 116 valence electrons. The second-order valence-electron chi connectivity index (χ2n) is 5.35. The highest BCUT2D eigenvalue weighted by molar-refractivity contribution is 6.35. The average Bonchev–Trinajstić information content (AvgIpc) is 3.03. The zero-order chi connectivity index (χ0) is 16.0. The largest absolute Gasteiger partial charge is 0.333 e. The van der Waals surface area contributed by atoms with Crippen LogP contribution in [0.1, 0.15) is 17.4 Å². The quantitative estimate of drug-likeness (QED) is 0.588. The Morgan fingerprint density at radius 3 is 2.39 bits per heavy atom. The first-order valence-corrected chi connectivity index (χ1v) is 8.11. The second kappa shape index (κ2) is 5.53. The standard InChI is InChI=1S/C17H11Cl3N2O/c18-12-3-1-11(2-4-12)17(14-6-5-13(19)9-15(14)20)16(23-17)22-8-7-21-10-22/h1-10,16H. The molecule has 1 aromatic heterocycles. The van der Waals surface area contributed by atoms with E-state index in [9.17, 15) is 0 Å². The molecule has 1 aliphatic rings. The molecule has 4 rings (SSSR count). The van der Waals surface area contributed by atoms with Crippen molar-refractivity contribution in [2.45, 2.75) is 11.8 Å². The number of benzene rings is 2. The van der Waals surface area contributed by atoms with E-state index in [1.807, 2.05) is 47.2 Å². The molecule has 0 radical (unpaired) electrons. The van der Waals surface area contributed by atoms with E-state index in [4.69, 9.17) is 39.5 Å². The van der Waals surface area contributed by atoms with E-state index in [1.54, 1.807) is 18.6 Å². The van der Waals surface area contributed by atoms with E-state index in [1.165, 1.54) is 0 Å². The third-order valence-corrected chi connectivity index (χ3v) is 4.79. The highest BCUT2D eigenvalue weighted by Crippen LogP contribution is 2.60. The van der Waals surface area contributed by atoms with Crippen molar-refractivity contribution in [2.24, 2.45) is 0 Å². The van der Waals surface area contributed by atoms with Crippen LogP contribution in [0.3, 0.4) is 0 Å². The van der Waals surface area contributed by atoms with Crippen LogP contribution in [-0.4, -0.2) is 9.55 Å². The summed E-state index contributed by atoms with van der Waals surface area (Å²) in [5.74, 6) is 0. The minimum atomic E-state index is -0.674. The van der Waals surface area contributed by atoms with Crippen LogP contribution in [0, 0.1) is 0 Å². The Labute approximate surface area is 148 Å². The maximum absolute atomic E-state index is 6.45. The Balaban J connectivity index is 1.87. The zero-order valence-electron chi connectivity index (χ0n) is 11.8. The molecule has 1 aliphatic heterocycles. The number of aromatic nitrogens is 2. The fourth-order valence-corrected chi connectivity index (χ4v) is 3.55. The lowest BCUT2D eigenvalue weighted by Crippen LogP contribution is -2.15. The van der Waals surface area contributed by atoms with Gasteiger partial charge in [0.25, 0.3) is 0 Å². The van der Waals surface area contributed by atoms with Crippen molar-refractivity contribution in [1.29, 1.82) is 0 Å². The highest BCUT2D eigenvalue weighted by Gasteiger charge is 2.61. The van der Waals surface area contributed by atoms with Crippen LogP contribution >= 0.6 is 34.8 Å². The second-order valence-corrected chi connectivity index (χ2v) is 6.63. The first-order valence-electron chi connectivity index (χ1n) is 6.98. The van der Waals surface area contributed by atoms with E-state index in [0.29, 0.717) is 15.1 Å². The molecule has 0 N–H and O–H groups in total. The lowest BCUT2D eigenvalue weighted by atomic mass is 9.90. The molecule has 6 heteroatoms. The van der Waals surface area contributed by atoms with Crippen molar-refractivity contribution < 1.29 is 4.74 Å². The van der Waals surface area contributed by atoms with Gasteiger partial charge in [-0.05, 0) is 29.8 Å². The number of rotatable bonds is 3. The van der Waals surface area contributed by atoms with Crippen LogP contribution < -0.4 is 0 Å². The van der Waals surface area contributed by atoms with Crippen LogP contribution in [0.2, 0.25) is 15.1 Å². The predicted octanol–water partition coefficient (Wildman–Crippen LogP) is 5.32. The number of hydrogen-bond acceptors (Lipinski definition) is 2. The average molecular weight is 366 g/mol. The van der Waals surface area contributed by atoms with Gasteiger partial charge in [0.05, 0.1) is 6.33 Å². The van der Waals surface area contributed by atoms with E-state index in [-0.39, 0.29) is 6.23 Å². The number of ether oxygens (including phenoxy) is 1. The third-order valence-electron chi connectivity index (χ3n) is 3.99. The summed E-state index contributed by atoms with van der Waals surface area (Å²) < 4.78 is 8.05. The van der Waals surface area contributed by atoms with Gasteiger partial charge in [-0.25, -0.2) is 4.98 Å². The summed E-state index contributed by atoms with van der Waals surface area (Å²) in [6.07, 6.45) is 5.10. The van der Waals surface area contributed by atoms with E-state index in [2.05, 4.69) is 4.98 Å². The van der Waals surface area contributed by atoms with Crippen molar-refractivity contribution in [1.82, 2.24) is 9.55 Å². The molecule has 23 heavy (non-hydrogen) atoms. The summed E-state index contributed by atoms with van der Waals surface area (Å²) >= 11 is 18.5. The van der Waals surface area contributed by atoms with Crippen LogP contribution in [0.15, 0.2) is 61.2 Å². The molecular weight excluding hydrogens is 355 g/mol. The molecule has 2 aromatic carbocycles. The van der Waals surface area contributed by atoms with Crippen molar-refractivity contribution in [2.75, 3.05) is 0 Å². The molecule has 0 aliphatic carbocycles. The Morgan fingerprint density at radius 1 is 1.00 bits per heavy atom. The molecule has 3 aromatic rings. The lowest BCUT2D eigenvalue weighted by molar-refractivity contribution is 0.304. The first-order chi connectivity index (χ1) is 11.1. The Hall–Kier alpha value is -1.52. The smallest absolute Gasteiger partial charge is 0.174 e. The monoisotopic (exact) mass is 364 g/mol. The van der Waals surface area contributed by atoms with Gasteiger partial charge in [-0.15, -0.1) is 0 Å². The summed E-state index contributed by atoms with van der Waals surface area (Å²) in [5, 5.41) is 1.82. The van der Waals surface area contributed by atoms with Gasteiger partial charge in [-0.3, -0.25) is 0 Å². The first kappa shape index (κ1) is 15.0. The maximum Gasteiger partial charge on any atom is 0.174 e. The number of imidazole rings is 1. The van der Waals surface area contributed by atoms with Crippen molar-refractivity contribution in [3.63, 3.8) is 0 Å². The van der Waals surface area contributed by atoms with Gasteiger partial charge in [0.1, 0.15) is 0 Å². The summed E-state index contributed by atoms with van der Waals surface area (Å²) in [6, 6.07) is 13.0. The van der Waals surface area contributed by atoms with E-state index >= 15 is 0 Å². The minimum absolute atomic E-state index is 0.218. The summed E-state index contributed by atoms with van der Waals surface area (Å²) in [4.78, 5) is 4.09. The molecule has 0 amide bonds. The Bertz CT molecular complexity index is 849. The molecule has 2 atom stereocenters. The molecule has 1 fully saturated rings. The van der Waals surface area contributed by atoms with Gasteiger partial charge in [0.15, 0.2) is 11.8 Å². The fraction of sp³-hybridized carbons (Fsp3) is 0.118. The Kier molecular flexibility index (Phi) is 3.62. The summed E-state index contributed by atoms with van der Waals surface area (Å²) in [7, 11) is 0. The SMILES string of the molecule is Clc1ccc(C2(c3ccc(Cl)cc3Cl)OC2n2ccnc2)cc1. The number of halogens is 3.